The van der Waals surface area contributed by atoms with E-state index in [1.54, 1.807) is 12.1 Å². The molecule has 6 heteroatoms. The first-order valence-corrected chi connectivity index (χ1v) is 4.78. The first-order chi connectivity index (χ1) is 7.24. The van der Waals surface area contributed by atoms with Crippen molar-refractivity contribution >= 4 is 17.9 Å². The Labute approximate surface area is 90.5 Å². The van der Waals surface area contributed by atoms with Crippen LogP contribution in [0.5, 0.6) is 0 Å². The van der Waals surface area contributed by atoms with Gasteiger partial charge in [0, 0.05) is 5.69 Å². The Hall–Kier alpha value is -1.69. The molecule has 2 rings (SSSR count). The molecule has 0 bridgehead atoms. The largest absolute Gasteiger partial charge is 0.378 e. The second-order valence-corrected chi connectivity index (χ2v) is 3.36. The van der Waals surface area contributed by atoms with Crippen LogP contribution in [0, 0.1) is 10.6 Å². The minimum Gasteiger partial charge on any atom is -0.378 e. The van der Waals surface area contributed by atoms with Crippen molar-refractivity contribution < 1.29 is 4.39 Å². The quantitative estimate of drug-likeness (QED) is 0.701. The molecule has 0 amide bonds. The van der Waals surface area contributed by atoms with Crippen LogP contribution in [0.25, 0.3) is 0 Å². The number of nitrogens with zero attached hydrogens (tertiary/aromatic N) is 1. The first kappa shape index (κ1) is 9.85. The number of hydrogen-bond donors (Lipinski definition) is 3. The lowest BCUT2D eigenvalue weighted by Crippen LogP contribution is -2.01. The molecule has 1 aromatic carbocycles. The molecule has 0 saturated heterocycles. The molecule has 0 aliphatic heterocycles. The van der Waals surface area contributed by atoms with Gasteiger partial charge in [0.1, 0.15) is 11.6 Å². The molecule has 4 nitrogen and oxygen atoms in total. The van der Waals surface area contributed by atoms with Crippen LogP contribution < -0.4 is 5.32 Å². The number of rotatable bonds is 3. The second-order valence-electron chi connectivity index (χ2n) is 2.97. The van der Waals surface area contributed by atoms with Gasteiger partial charge in [-0.3, -0.25) is 10.2 Å². The van der Waals surface area contributed by atoms with Crippen molar-refractivity contribution in [2.45, 2.75) is 6.54 Å². The van der Waals surface area contributed by atoms with Gasteiger partial charge in [0.15, 0.2) is 0 Å². The maximum atomic E-state index is 12.6. The van der Waals surface area contributed by atoms with Gasteiger partial charge in [-0.05, 0) is 36.5 Å². The van der Waals surface area contributed by atoms with Gasteiger partial charge in [0.25, 0.3) is 0 Å². The summed E-state index contributed by atoms with van der Waals surface area (Å²) in [5.74, 6) is 0.462. The lowest BCUT2D eigenvalue weighted by molar-refractivity contribution is 0.628. The average molecular weight is 224 g/mol. The Morgan fingerprint density at radius 3 is 2.60 bits per heavy atom. The fourth-order valence-corrected chi connectivity index (χ4v) is 1.30. The van der Waals surface area contributed by atoms with E-state index in [0.29, 0.717) is 17.1 Å². The van der Waals surface area contributed by atoms with Crippen LogP contribution in [0.2, 0.25) is 0 Å². The zero-order valence-electron chi connectivity index (χ0n) is 7.75. The smallest absolute Gasteiger partial charge is 0.213 e. The predicted molar refractivity (Wildman–Crippen MR) is 57.5 cm³/mol. The summed E-state index contributed by atoms with van der Waals surface area (Å²) in [6, 6.07) is 6.12. The minimum atomic E-state index is -0.250. The van der Waals surface area contributed by atoms with Crippen LogP contribution in [0.3, 0.4) is 0 Å². The van der Waals surface area contributed by atoms with Crippen molar-refractivity contribution in [1.29, 1.82) is 0 Å². The molecule has 0 saturated carbocycles. The van der Waals surface area contributed by atoms with Gasteiger partial charge in [-0.1, -0.05) is 0 Å². The van der Waals surface area contributed by atoms with Gasteiger partial charge in [-0.15, -0.1) is 0 Å². The van der Waals surface area contributed by atoms with Crippen molar-refractivity contribution in [3.05, 3.63) is 40.7 Å². The van der Waals surface area contributed by atoms with Crippen LogP contribution in [0.4, 0.5) is 10.1 Å². The highest BCUT2D eigenvalue weighted by atomic mass is 32.1. The summed E-state index contributed by atoms with van der Waals surface area (Å²) in [5, 5.41) is 8.58. The zero-order valence-corrected chi connectivity index (χ0v) is 8.57. The Kier molecular flexibility index (Phi) is 2.77. The van der Waals surface area contributed by atoms with E-state index >= 15 is 0 Å². The molecule has 0 spiro atoms. The molecule has 0 radical (unpaired) electrons. The van der Waals surface area contributed by atoms with Crippen molar-refractivity contribution in [3.63, 3.8) is 0 Å². The Balaban J connectivity index is 1.99. The fraction of sp³-hybridized carbons (Fsp3) is 0.111. The van der Waals surface area contributed by atoms with Crippen LogP contribution in [0.1, 0.15) is 5.82 Å². The van der Waals surface area contributed by atoms with Gasteiger partial charge in [-0.2, -0.15) is 0 Å². The van der Waals surface area contributed by atoms with Crippen LogP contribution in [-0.4, -0.2) is 15.2 Å². The monoisotopic (exact) mass is 224 g/mol. The van der Waals surface area contributed by atoms with E-state index < -0.39 is 0 Å². The SMILES string of the molecule is Fc1ccc(NCc2nc(=S)[nH][nH]2)cc1. The van der Waals surface area contributed by atoms with E-state index in [2.05, 4.69) is 20.5 Å². The number of aromatic amines is 2. The van der Waals surface area contributed by atoms with Gasteiger partial charge >= 0.3 is 0 Å². The van der Waals surface area contributed by atoms with E-state index in [0.717, 1.165) is 5.69 Å². The lowest BCUT2D eigenvalue weighted by atomic mass is 10.3. The highest BCUT2D eigenvalue weighted by Crippen LogP contribution is 2.08. The second kappa shape index (κ2) is 4.22. The third kappa shape index (κ3) is 2.63. The molecular formula is C9H9FN4S. The predicted octanol–water partition coefficient (Wildman–Crippen LogP) is 2.22. The summed E-state index contributed by atoms with van der Waals surface area (Å²) in [5.41, 5.74) is 0.832. The minimum absolute atomic E-state index is 0.250. The summed E-state index contributed by atoms with van der Waals surface area (Å²) in [4.78, 5) is 4.01. The van der Waals surface area contributed by atoms with E-state index in [-0.39, 0.29) is 5.82 Å². The molecule has 0 atom stereocenters. The number of hydrogen-bond acceptors (Lipinski definition) is 3. The molecule has 3 N–H and O–H groups in total. The summed E-state index contributed by atoms with van der Waals surface area (Å²) in [6.07, 6.45) is 0. The van der Waals surface area contributed by atoms with E-state index in [9.17, 15) is 4.39 Å². The zero-order chi connectivity index (χ0) is 10.7. The molecular weight excluding hydrogens is 215 g/mol. The maximum Gasteiger partial charge on any atom is 0.213 e. The molecule has 0 fully saturated rings. The summed E-state index contributed by atoms with van der Waals surface area (Å²) in [7, 11) is 0. The molecule has 1 aromatic heterocycles. The third-order valence-corrected chi connectivity index (χ3v) is 2.05. The van der Waals surface area contributed by atoms with Crippen molar-refractivity contribution in [3.8, 4) is 0 Å². The molecule has 15 heavy (non-hydrogen) atoms. The Bertz CT molecular complexity index is 487. The molecule has 1 heterocycles. The lowest BCUT2D eigenvalue weighted by Gasteiger charge is -2.02. The van der Waals surface area contributed by atoms with E-state index in [4.69, 9.17) is 12.2 Å². The maximum absolute atomic E-state index is 12.6. The highest BCUT2D eigenvalue weighted by molar-refractivity contribution is 7.71. The summed E-state index contributed by atoms with van der Waals surface area (Å²) < 4.78 is 13.0. The first-order valence-electron chi connectivity index (χ1n) is 4.37. The van der Waals surface area contributed by atoms with Gasteiger partial charge in [-0.25, -0.2) is 9.37 Å². The Morgan fingerprint density at radius 1 is 1.27 bits per heavy atom. The summed E-state index contributed by atoms with van der Waals surface area (Å²) >= 11 is 4.81. The number of benzene rings is 1. The van der Waals surface area contributed by atoms with Crippen LogP contribution in [-0.2, 0) is 6.54 Å². The van der Waals surface area contributed by atoms with Crippen molar-refractivity contribution in [1.82, 2.24) is 15.2 Å². The number of anilines is 1. The van der Waals surface area contributed by atoms with E-state index in [1.807, 2.05) is 0 Å². The molecule has 2 aromatic rings. The normalized spacial score (nSPS) is 10.2. The number of aromatic nitrogens is 3. The van der Waals surface area contributed by atoms with Crippen LogP contribution >= 0.6 is 12.2 Å². The molecule has 0 aliphatic rings. The fourth-order valence-electron chi connectivity index (χ4n) is 1.14. The third-order valence-electron chi connectivity index (χ3n) is 1.85. The summed E-state index contributed by atoms with van der Waals surface area (Å²) in [6.45, 7) is 0.513. The van der Waals surface area contributed by atoms with Crippen molar-refractivity contribution in [2.24, 2.45) is 0 Å². The average Bonchev–Trinajstić information content (AvgIpc) is 2.64. The number of H-pyrrole nitrogens is 2. The highest BCUT2D eigenvalue weighted by Gasteiger charge is 1.96. The van der Waals surface area contributed by atoms with E-state index in [1.165, 1.54) is 12.1 Å². The number of halogens is 1. The van der Waals surface area contributed by atoms with Gasteiger partial charge in [0.2, 0.25) is 4.77 Å². The topological polar surface area (TPSA) is 56.5 Å². The Morgan fingerprint density at radius 2 is 2.00 bits per heavy atom. The van der Waals surface area contributed by atoms with Crippen molar-refractivity contribution in [2.75, 3.05) is 5.32 Å². The molecule has 0 aliphatic carbocycles. The van der Waals surface area contributed by atoms with Crippen LogP contribution in [0.15, 0.2) is 24.3 Å². The standard InChI is InChI=1S/C9H9FN4S/c10-6-1-3-7(4-2-6)11-5-8-12-9(15)14-13-8/h1-4,11H,5H2,(H2,12,13,14,15). The number of nitrogens with one attached hydrogen (secondary N) is 3. The van der Waals surface area contributed by atoms with Gasteiger partial charge < -0.3 is 5.32 Å². The van der Waals surface area contributed by atoms with Gasteiger partial charge in [0.05, 0.1) is 6.54 Å². The molecule has 78 valence electrons. The molecule has 0 unspecified atom stereocenters.